The van der Waals surface area contributed by atoms with E-state index in [1.165, 1.54) is 0 Å². The first-order chi connectivity index (χ1) is 18.7. The number of likely N-dealkylation sites (tertiary alicyclic amines) is 1. The normalized spacial score (nSPS) is 19.7. The summed E-state index contributed by atoms with van der Waals surface area (Å²) in [5.41, 5.74) is 4.57. The first kappa shape index (κ1) is 27.7. The number of β-amino-alcohol motifs (C(OH)–C–C–N with tert-alkyl or cyclic N) is 1. The fourth-order valence-corrected chi connectivity index (χ4v) is 7.67. The SMILES string of the molecule is CC(C)Oc1ccc(-c2ncc(-c3cccc4c3CCC4NS(=O)(=O)CCN3CCC[C@H](O)C3)s2)cc1C#N. The minimum Gasteiger partial charge on any atom is -0.490 e. The van der Waals surface area contributed by atoms with Crippen LogP contribution >= 0.6 is 11.3 Å². The van der Waals surface area contributed by atoms with Gasteiger partial charge in [-0.05, 0) is 81.0 Å². The monoisotopic (exact) mass is 566 g/mol. The Labute approximate surface area is 234 Å². The molecule has 1 unspecified atom stereocenters. The summed E-state index contributed by atoms with van der Waals surface area (Å²) in [6.07, 6.45) is 4.63. The van der Waals surface area contributed by atoms with Crippen molar-refractivity contribution in [3.8, 4) is 32.8 Å². The third-order valence-corrected chi connectivity index (χ3v) is 9.67. The van der Waals surface area contributed by atoms with Crippen LogP contribution in [0.2, 0.25) is 0 Å². The molecule has 2 aromatic carbocycles. The molecule has 0 bridgehead atoms. The Balaban J connectivity index is 1.31. The number of piperidine rings is 1. The summed E-state index contributed by atoms with van der Waals surface area (Å²) in [6.45, 7) is 5.64. The largest absolute Gasteiger partial charge is 0.490 e. The van der Waals surface area contributed by atoms with Crippen molar-refractivity contribution in [3.05, 3.63) is 59.3 Å². The number of nitrogens with one attached hydrogen (secondary N) is 1. The number of aliphatic hydroxyl groups excluding tert-OH is 1. The number of rotatable bonds is 9. The number of nitrogens with zero attached hydrogens (tertiary/aromatic N) is 3. The van der Waals surface area contributed by atoms with E-state index in [9.17, 15) is 18.8 Å². The lowest BCUT2D eigenvalue weighted by molar-refractivity contribution is 0.0740. The molecule has 1 fully saturated rings. The average Bonchev–Trinajstić information content (AvgIpc) is 3.55. The molecule has 0 saturated carbocycles. The predicted molar refractivity (Wildman–Crippen MR) is 153 cm³/mol. The number of ether oxygens (including phenoxy) is 1. The number of hydrogen-bond acceptors (Lipinski definition) is 8. The van der Waals surface area contributed by atoms with E-state index in [1.807, 2.05) is 55.3 Å². The van der Waals surface area contributed by atoms with Gasteiger partial charge in [-0.3, -0.25) is 4.90 Å². The molecule has 2 heterocycles. The summed E-state index contributed by atoms with van der Waals surface area (Å²) >= 11 is 1.56. The van der Waals surface area contributed by atoms with E-state index in [0.717, 1.165) is 57.9 Å². The number of aliphatic hydroxyl groups is 1. The Hall–Kier alpha value is -2.81. The molecule has 2 N–H and O–H groups in total. The van der Waals surface area contributed by atoms with Crippen LogP contribution in [0.15, 0.2) is 42.6 Å². The number of fused-ring (bicyclic) bond motifs is 1. The van der Waals surface area contributed by atoms with Crippen LogP contribution in [0.4, 0.5) is 0 Å². The molecule has 1 saturated heterocycles. The molecule has 1 aromatic heterocycles. The molecule has 0 spiro atoms. The van der Waals surface area contributed by atoms with Gasteiger partial charge in [-0.2, -0.15) is 5.26 Å². The van der Waals surface area contributed by atoms with Crippen molar-refractivity contribution in [2.75, 3.05) is 25.4 Å². The van der Waals surface area contributed by atoms with Gasteiger partial charge >= 0.3 is 0 Å². The summed E-state index contributed by atoms with van der Waals surface area (Å²) in [4.78, 5) is 7.68. The molecule has 206 valence electrons. The van der Waals surface area contributed by atoms with Crippen molar-refractivity contribution in [2.24, 2.45) is 0 Å². The van der Waals surface area contributed by atoms with Crippen molar-refractivity contribution >= 4 is 21.4 Å². The summed E-state index contributed by atoms with van der Waals surface area (Å²) in [5, 5.41) is 20.3. The van der Waals surface area contributed by atoms with Crippen LogP contribution in [-0.2, 0) is 16.4 Å². The van der Waals surface area contributed by atoms with Crippen molar-refractivity contribution in [2.45, 2.75) is 57.8 Å². The summed E-state index contributed by atoms with van der Waals surface area (Å²) in [7, 11) is -3.47. The highest BCUT2D eigenvalue weighted by Crippen LogP contribution is 2.41. The van der Waals surface area contributed by atoms with Gasteiger partial charge < -0.3 is 9.84 Å². The molecule has 8 nitrogen and oxygen atoms in total. The molecule has 2 aliphatic rings. The second-order valence-corrected chi connectivity index (χ2v) is 13.4. The third kappa shape index (κ3) is 6.51. The molecule has 39 heavy (non-hydrogen) atoms. The van der Waals surface area contributed by atoms with Crippen LogP contribution < -0.4 is 9.46 Å². The molecule has 0 radical (unpaired) electrons. The molecule has 2 atom stereocenters. The molecule has 10 heteroatoms. The van der Waals surface area contributed by atoms with Gasteiger partial charge in [0.05, 0.1) is 28.4 Å². The zero-order valence-corrected chi connectivity index (χ0v) is 23.9. The van der Waals surface area contributed by atoms with Gasteiger partial charge in [0.1, 0.15) is 16.8 Å². The molecule has 5 rings (SSSR count). The summed E-state index contributed by atoms with van der Waals surface area (Å²) in [5.74, 6) is 0.589. The predicted octanol–water partition coefficient (Wildman–Crippen LogP) is 4.50. The fourth-order valence-electron chi connectivity index (χ4n) is 5.41. The van der Waals surface area contributed by atoms with Crippen molar-refractivity contribution in [1.82, 2.24) is 14.6 Å². The van der Waals surface area contributed by atoms with E-state index < -0.39 is 10.0 Å². The van der Waals surface area contributed by atoms with Crippen LogP contribution in [0.1, 0.15) is 55.8 Å². The van der Waals surface area contributed by atoms with Gasteiger partial charge in [-0.15, -0.1) is 11.3 Å². The second kappa shape index (κ2) is 11.7. The number of aromatic nitrogens is 1. The maximum absolute atomic E-state index is 12.9. The molecule has 1 aliphatic heterocycles. The molecular formula is C29H34N4O4S2. The Morgan fingerprint density at radius 2 is 2.13 bits per heavy atom. The van der Waals surface area contributed by atoms with E-state index in [1.54, 1.807) is 11.3 Å². The standard InChI is InChI=1S/C29H34N4O4S2/c1-19(2)37-27-11-8-20(15-21(27)16-30)29-31-17-28(38-29)25-7-3-6-24-23(25)9-10-26(24)32-39(35,36)14-13-33-12-4-5-22(34)18-33/h3,6-8,11,15,17,19,22,26,32,34H,4-5,9-10,12-14,18H2,1-2H3/t22-,26?/m0/s1. The van der Waals surface area contributed by atoms with Gasteiger partial charge in [0, 0.05) is 30.9 Å². The van der Waals surface area contributed by atoms with Gasteiger partial charge in [0.2, 0.25) is 10.0 Å². The topological polar surface area (TPSA) is 116 Å². The number of thiazole rings is 1. The zero-order chi connectivity index (χ0) is 27.6. The van der Waals surface area contributed by atoms with Gasteiger partial charge in [0.25, 0.3) is 0 Å². The highest BCUT2D eigenvalue weighted by Gasteiger charge is 2.29. The highest BCUT2D eigenvalue weighted by atomic mass is 32.2. The van der Waals surface area contributed by atoms with E-state index >= 15 is 0 Å². The lowest BCUT2D eigenvalue weighted by Gasteiger charge is -2.29. The van der Waals surface area contributed by atoms with Crippen molar-refractivity contribution in [3.63, 3.8) is 0 Å². The van der Waals surface area contributed by atoms with E-state index in [2.05, 4.69) is 21.8 Å². The molecular weight excluding hydrogens is 532 g/mol. The van der Waals surface area contributed by atoms with Crippen LogP contribution in [0.3, 0.4) is 0 Å². The lowest BCUT2D eigenvalue weighted by Crippen LogP contribution is -2.42. The first-order valence-corrected chi connectivity index (χ1v) is 15.9. The van der Waals surface area contributed by atoms with E-state index in [4.69, 9.17) is 4.74 Å². The van der Waals surface area contributed by atoms with Crippen LogP contribution in [-0.4, -0.2) is 61.0 Å². The van der Waals surface area contributed by atoms with Crippen LogP contribution in [0, 0.1) is 11.3 Å². The summed E-state index contributed by atoms with van der Waals surface area (Å²) in [6, 6.07) is 13.6. The Morgan fingerprint density at radius 3 is 2.90 bits per heavy atom. The molecule has 0 amide bonds. The van der Waals surface area contributed by atoms with Crippen LogP contribution in [0.25, 0.3) is 21.0 Å². The number of benzene rings is 2. The van der Waals surface area contributed by atoms with E-state index in [-0.39, 0.29) is 24.0 Å². The molecule has 3 aromatic rings. The smallest absolute Gasteiger partial charge is 0.213 e. The average molecular weight is 567 g/mol. The van der Waals surface area contributed by atoms with Gasteiger partial charge in [-0.1, -0.05) is 18.2 Å². The Morgan fingerprint density at radius 1 is 1.28 bits per heavy atom. The van der Waals surface area contributed by atoms with Crippen LogP contribution in [0.5, 0.6) is 5.75 Å². The zero-order valence-electron chi connectivity index (χ0n) is 22.3. The maximum atomic E-state index is 12.9. The second-order valence-electron chi connectivity index (χ2n) is 10.5. The maximum Gasteiger partial charge on any atom is 0.213 e. The van der Waals surface area contributed by atoms with Gasteiger partial charge in [-0.25, -0.2) is 18.1 Å². The quantitative estimate of drug-likeness (QED) is 0.392. The van der Waals surface area contributed by atoms with Crippen molar-refractivity contribution in [1.29, 1.82) is 5.26 Å². The Bertz CT molecular complexity index is 1480. The minimum atomic E-state index is -3.47. The Kier molecular flexibility index (Phi) is 8.35. The number of sulfonamides is 1. The highest BCUT2D eigenvalue weighted by molar-refractivity contribution is 7.89. The fraction of sp³-hybridized carbons (Fsp3) is 0.448. The number of nitriles is 1. The lowest BCUT2D eigenvalue weighted by atomic mass is 10.0. The number of hydrogen-bond donors (Lipinski definition) is 2. The summed E-state index contributed by atoms with van der Waals surface area (Å²) < 4.78 is 34.5. The molecule has 1 aliphatic carbocycles. The third-order valence-electron chi connectivity index (χ3n) is 7.23. The van der Waals surface area contributed by atoms with Gasteiger partial charge in [0.15, 0.2) is 0 Å². The first-order valence-electron chi connectivity index (χ1n) is 13.4. The van der Waals surface area contributed by atoms with E-state index in [0.29, 0.717) is 30.8 Å². The minimum absolute atomic E-state index is 0.0217. The van der Waals surface area contributed by atoms with Crippen molar-refractivity contribution < 1.29 is 18.3 Å².